The first kappa shape index (κ1) is 17.0. The molecular weight excluding hydrogens is 328 g/mol. The van der Waals surface area contributed by atoms with E-state index in [-0.39, 0.29) is 6.04 Å². The first-order valence-electron chi connectivity index (χ1n) is 8.19. The second kappa shape index (κ2) is 8.30. The molecule has 1 saturated carbocycles. The van der Waals surface area contributed by atoms with Crippen molar-refractivity contribution < 1.29 is 0 Å². The third-order valence-corrected chi connectivity index (χ3v) is 5.17. The van der Waals surface area contributed by atoms with Gasteiger partial charge in [-0.25, -0.2) is 0 Å². The highest BCUT2D eigenvalue weighted by Gasteiger charge is 2.19. The van der Waals surface area contributed by atoms with Gasteiger partial charge in [-0.1, -0.05) is 32.1 Å². The summed E-state index contributed by atoms with van der Waals surface area (Å²) in [5, 5.41) is 4.47. The fraction of sp³-hybridized carbons (Fsp3) is 0.812. The predicted octanol–water partition coefficient (Wildman–Crippen LogP) is 3.57. The van der Waals surface area contributed by atoms with Gasteiger partial charge in [0.25, 0.3) is 0 Å². The highest BCUT2D eigenvalue weighted by atomic mass is 79.9. The fourth-order valence-electron chi connectivity index (χ4n) is 3.24. The zero-order valence-electron chi connectivity index (χ0n) is 13.4. The van der Waals surface area contributed by atoms with Crippen LogP contribution in [0.4, 0.5) is 0 Å². The van der Waals surface area contributed by atoms with Gasteiger partial charge in [-0.3, -0.25) is 4.68 Å². The van der Waals surface area contributed by atoms with E-state index in [1.807, 2.05) is 6.20 Å². The Kier molecular flexibility index (Phi) is 6.71. The van der Waals surface area contributed by atoms with Gasteiger partial charge in [-0.2, -0.15) is 5.10 Å². The summed E-state index contributed by atoms with van der Waals surface area (Å²) in [7, 11) is 4.17. The maximum Gasteiger partial charge on any atom is 0.0694 e. The van der Waals surface area contributed by atoms with Crippen molar-refractivity contribution in [2.75, 3.05) is 20.6 Å². The molecule has 1 heterocycles. The van der Waals surface area contributed by atoms with Gasteiger partial charge < -0.3 is 10.6 Å². The van der Waals surface area contributed by atoms with Gasteiger partial charge >= 0.3 is 0 Å². The molecule has 1 aliphatic carbocycles. The molecule has 5 heteroatoms. The Morgan fingerprint density at radius 3 is 2.76 bits per heavy atom. The first-order valence-corrected chi connectivity index (χ1v) is 8.98. The van der Waals surface area contributed by atoms with Crippen LogP contribution < -0.4 is 5.73 Å². The second-order valence-electron chi connectivity index (χ2n) is 6.59. The zero-order valence-corrected chi connectivity index (χ0v) is 15.0. The molecule has 1 fully saturated rings. The van der Waals surface area contributed by atoms with Crippen LogP contribution >= 0.6 is 15.9 Å². The van der Waals surface area contributed by atoms with Gasteiger partial charge in [0, 0.05) is 12.6 Å². The average molecular weight is 357 g/mol. The summed E-state index contributed by atoms with van der Waals surface area (Å²) in [6.07, 6.45) is 11.2. The molecule has 0 bridgehead atoms. The standard InChI is InChI=1S/C16H29BrN4/c1-20(2)10-11-21-16(14(17)12-19-21)15(18)9-8-13-6-4-3-5-7-13/h12-13,15H,3-11,18H2,1-2H3. The molecule has 0 radical (unpaired) electrons. The minimum Gasteiger partial charge on any atom is -0.323 e. The molecule has 0 spiro atoms. The minimum absolute atomic E-state index is 0.0889. The Hall–Kier alpha value is -0.390. The van der Waals surface area contributed by atoms with Crippen LogP contribution in [0, 0.1) is 5.92 Å². The number of likely N-dealkylation sites (N-methyl/N-ethyl adjacent to an activating group) is 1. The van der Waals surface area contributed by atoms with Crippen molar-refractivity contribution in [3.63, 3.8) is 0 Å². The highest BCUT2D eigenvalue weighted by Crippen LogP contribution is 2.31. The lowest BCUT2D eigenvalue weighted by atomic mass is 9.85. The van der Waals surface area contributed by atoms with Crippen molar-refractivity contribution in [2.45, 2.75) is 57.5 Å². The molecule has 1 aliphatic rings. The quantitative estimate of drug-likeness (QED) is 0.812. The lowest BCUT2D eigenvalue weighted by Crippen LogP contribution is -2.23. The summed E-state index contributed by atoms with van der Waals surface area (Å²) in [6.45, 7) is 1.88. The molecule has 4 nitrogen and oxygen atoms in total. The van der Waals surface area contributed by atoms with E-state index in [1.165, 1.54) is 38.5 Å². The fourth-order valence-corrected chi connectivity index (χ4v) is 3.83. The van der Waals surface area contributed by atoms with Crippen molar-refractivity contribution in [3.8, 4) is 0 Å². The normalized spacial score (nSPS) is 18.3. The van der Waals surface area contributed by atoms with Crippen LogP contribution in [-0.4, -0.2) is 35.3 Å². The Morgan fingerprint density at radius 2 is 2.10 bits per heavy atom. The molecular formula is C16H29BrN4. The molecule has 1 atom stereocenters. The lowest BCUT2D eigenvalue weighted by Gasteiger charge is -2.23. The maximum atomic E-state index is 6.46. The number of aromatic nitrogens is 2. The number of halogens is 1. The Bertz CT molecular complexity index is 424. The van der Waals surface area contributed by atoms with Gasteiger partial charge in [-0.15, -0.1) is 0 Å². The largest absolute Gasteiger partial charge is 0.323 e. The molecule has 0 aromatic carbocycles. The van der Waals surface area contributed by atoms with E-state index >= 15 is 0 Å². The molecule has 1 aromatic rings. The van der Waals surface area contributed by atoms with Crippen LogP contribution in [0.2, 0.25) is 0 Å². The molecule has 120 valence electrons. The van der Waals surface area contributed by atoms with E-state index in [0.29, 0.717) is 0 Å². The van der Waals surface area contributed by atoms with E-state index in [1.54, 1.807) is 0 Å². The van der Waals surface area contributed by atoms with E-state index in [4.69, 9.17) is 5.73 Å². The van der Waals surface area contributed by atoms with Gasteiger partial charge in [-0.05, 0) is 48.8 Å². The summed E-state index contributed by atoms with van der Waals surface area (Å²) in [5.41, 5.74) is 7.62. The van der Waals surface area contributed by atoms with Crippen LogP contribution in [0.25, 0.3) is 0 Å². The number of rotatable bonds is 7. The first-order chi connectivity index (χ1) is 10.1. The van der Waals surface area contributed by atoms with Crippen molar-refractivity contribution in [3.05, 3.63) is 16.4 Å². The summed E-state index contributed by atoms with van der Waals surface area (Å²) >= 11 is 3.61. The molecule has 21 heavy (non-hydrogen) atoms. The van der Waals surface area contributed by atoms with E-state index in [0.717, 1.165) is 35.6 Å². The number of nitrogens with two attached hydrogens (primary N) is 1. The second-order valence-corrected chi connectivity index (χ2v) is 7.45. The van der Waals surface area contributed by atoms with Crippen LogP contribution in [0.15, 0.2) is 10.7 Å². The smallest absolute Gasteiger partial charge is 0.0694 e. The third kappa shape index (κ3) is 5.08. The Balaban J connectivity index is 1.91. The highest BCUT2D eigenvalue weighted by molar-refractivity contribution is 9.10. The molecule has 0 amide bonds. The topological polar surface area (TPSA) is 47.1 Å². The molecule has 1 aromatic heterocycles. The van der Waals surface area contributed by atoms with Crippen molar-refractivity contribution >= 4 is 15.9 Å². The molecule has 2 N–H and O–H groups in total. The summed E-state index contributed by atoms with van der Waals surface area (Å²) in [6, 6.07) is 0.0889. The average Bonchev–Trinajstić information content (AvgIpc) is 2.85. The maximum absolute atomic E-state index is 6.46. The lowest BCUT2D eigenvalue weighted by molar-refractivity contribution is 0.319. The van der Waals surface area contributed by atoms with Crippen molar-refractivity contribution in [2.24, 2.45) is 11.7 Å². The minimum atomic E-state index is 0.0889. The number of nitrogens with zero attached hydrogens (tertiary/aromatic N) is 3. The van der Waals surface area contributed by atoms with Gasteiger partial charge in [0.05, 0.1) is 22.9 Å². The van der Waals surface area contributed by atoms with Crippen LogP contribution in [0.1, 0.15) is 56.7 Å². The van der Waals surface area contributed by atoms with Crippen LogP contribution in [0.3, 0.4) is 0 Å². The number of hydrogen-bond acceptors (Lipinski definition) is 3. The van der Waals surface area contributed by atoms with Crippen molar-refractivity contribution in [1.29, 1.82) is 0 Å². The summed E-state index contributed by atoms with van der Waals surface area (Å²) in [5.74, 6) is 0.890. The molecule has 1 unspecified atom stereocenters. The van der Waals surface area contributed by atoms with Crippen LogP contribution in [-0.2, 0) is 6.54 Å². The summed E-state index contributed by atoms with van der Waals surface area (Å²) < 4.78 is 3.12. The van der Waals surface area contributed by atoms with Crippen molar-refractivity contribution in [1.82, 2.24) is 14.7 Å². The zero-order chi connectivity index (χ0) is 15.2. The Morgan fingerprint density at radius 1 is 1.38 bits per heavy atom. The molecule has 0 saturated heterocycles. The van der Waals surface area contributed by atoms with Gasteiger partial charge in [0.1, 0.15) is 0 Å². The monoisotopic (exact) mass is 356 g/mol. The third-order valence-electron chi connectivity index (χ3n) is 4.55. The molecule has 0 aliphatic heterocycles. The molecule has 2 rings (SSSR count). The van der Waals surface area contributed by atoms with E-state index in [2.05, 4.69) is 44.7 Å². The van der Waals surface area contributed by atoms with Gasteiger partial charge in [0.2, 0.25) is 0 Å². The van der Waals surface area contributed by atoms with Gasteiger partial charge in [0.15, 0.2) is 0 Å². The van der Waals surface area contributed by atoms with E-state index < -0.39 is 0 Å². The SMILES string of the molecule is CN(C)CCn1ncc(Br)c1C(N)CCC1CCCCC1. The predicted molar refractivity (Wildman–Crippen MR) is 91.2 cm³/mol. The number of hydrogen-bond donors (Lipinski definition) is 1. The van der Waals surface area contributed by atoms with Crippen LogP contribution in [0.5, 0.6) is 0 Å². The Labute approximate surface area is 137 Å². The van der Waals surface area contributed by atoms with E-state index in [9.17, 15) is 0 Å². The summed E-state index contributed by atoms with van der Waals surface area (Å²) in [4.78, 5) is 2.17.